The first kappa shape index (κ1) is 13.9. The minimum Gasteiger partial charge on any atom is -0.494 e. The summed E-state index contributed by atoms with van der Waals surface area (Å²) in [5.41, 5.74) is 6.21. The van der Waals surface area contributed by atoms with Crippen molar-refractivity contribution in [2.24, 2.45) is 0 Å². The van der Waals surface area contributed by atoms with Crippen LogP contribution in [-0.4, -0.2) is 31.4 Å². The lowest BCUT2D eigenvalue weighted by Crippen LogP contribution is -2.39. The first-order chi connectivity index (χ1) is 8.95. The zero-order chi connectivity index (χ0) is 14.0. The minimum atomic E-state index is -0.664. The topological polar surface area (TPSA) is 58.7 Å². The summed E-state index contributed by atoms with van der Waals surface area (Å²) in [5, 5.41) is 10.4. The molecule has 2 rings (SSSR count). The molecule has 1 aromatic rings. The molecular weight excluding hydrogens is 247 g/mol. The van der Waals surface area contributed by atoms with E-state index in [1.165, 1.54) is 13.2 Å². The van der Waals surface area contributed by atoms with Gasteiger partial charge < -0.3 is 20.5 Å². The Bertz CT molecular complexity index is 459. The highest BCUT2D eigenvalue weighted by atomic mass is 19.1. The van der Waals surface area contributed by atoms with Crippen molar-refractivity contribution in [3.05, 3.63) is 17.9 Å². The molecule has 0 spiro atoms. The second-order valence-electron chi connectivity index (χ2n) is 5.33. The Balaban J connectivity index is 2.20. The summed E-state index contributed by atoms with van der Waals surface area (Å²) in [6.07, 6.45) is 3.70. The van der Waals surface area contributed by atoms with Gasteiger partial charge >= 0.3 is 0 Å². The van der Waals surface area contributed by atoms with Gasteiger partial charge in [0.2, 0.25) is 0 Å². The number of benzene rings is 1. The molecule has 0 amide bonds. The molecule has 1 fully saturated rings. The van der Waals surface area contributed by atoms with E-state index in [2.05, 4.69) is 0 Å². The normalized spacial score (nSPS) is 17.5. The summed E-state index contributed by atoms with van der Waals surface area (Å²) in [4.78, 5) is 1.86. The third-order valence-electron chi connectivity index (χ3n) is 3.78. The van der Waals surface area contributed by atoms with Crippen LogP contribution in [0.5, 0.6) is 5.75 Å². The Morgan fingerprint density at radius 3 is 2.63 bits per heavy atom. The van der Waals surface area contributed by atoms with Gasteiger partial charge in [0.25, 0.3) is 0 Å². The van der Waals surface area contributed by atoms with Crippen LogP contribution in [0.2, 0.25) is 0 Å². The number of nitrogens with two attached hydrogens (primary N) is 1. The van der Waals surface area contributed by atoms with E-state index in [1.54, 1.807) is 6.07 Å². The highest BCUT2D eigenvalue weighted by Crippen LogP contribution is 2.34. The lowest BCUT2D eigenvalue weighted by Gasteiger charge is -2.31. The Hall–Kier alpha value is -1.49. The number of rotatable bonds is 4. The molecular formula is C14H21FN2O2. The molecule has 19 heavy (non-hydrogen) atoms. The molecule has 0 saturated heterocycles. The fraction of sp³-hybridized carbons (Fsp3) is 0.571. The molecule has 1 aliphatic rings. The second kappa shape index (κ2) is 5.25. The molecule has 106 valence electrons. The molecule has 0 radical (unpaired) electrons. The van der Waals surface area contributed by atoms with Crippen molar-refractivity contribution in [3.8, 4) is 5.75 Å². The van der Waals surface area contributed by atoms with Crippen molar-refractivity contribution < 1.29 is 14.2 Å². The van der Waals surface area contributed by atoms with Crippen molar-refractivity contribution in [1.82, 2.24) is 0 Å². The summed E-state index contributed by atoms with van der Waals surface area (Å²) in [5.74, 6) is -0.314. The maximum absolute atomic E-state index is 13.5. The number of ether oxygens (including phenoxy) is 1. The number of aliphatic hydroxyl groups is 1. The van der Waals surface area contributed by atoms with E-state index in [1.807, 2.05) is 11.9 Å². The van der Waals surface area contributed by atoms with E-state index in [0.717, 1.165) is 25.7 Å². The Kier molecular flexibility index (Phi) is 3.85. The van der Waals surface area contributed by atoms with Crippen molar-refractivity contribution in [1.29, 1.82) is 0 Å². The number of methoxy groups -OCH3 is 1. The zero-order valence-corrected chi connectivity index (χ0v) is 11.4. The predicted molar refractivity (Wildman–Crippen MR) is 74.1 cm³/mol. The average Bonchev–Trinajstić information content (AvgIpc) is 2.75. The lowest BCUT2D eigenvalue weighted by atomic mass is 10.0. The van der Waals surface area contributed by atoms with Crippen LogP contribution in [-0.2, 0) is 0 Å². The summed E-state index contributed by atoms with van der Waals surface area (Å²) < 4.78 is 18.5. The summed E-state index contributed by atoms with van der Waals surface area (Å²) in [7, 11) is 3.27. The summed E-state index contributed by atoms with van der Waals surface area (Å²) >= 11 is 0. The maximum Gasteiger partial charge on any atom is 0.167 e. The molecule has 0 aliphatic heterocycles. The fourth-order valence-corrected chi connectivity index (χ4v) is 2.76. The molecule has 0 aromatic heterocycles. The number of anilines is 2. The lowest BCUT2D eigenvalue weighted by molar-refractivity contribution is 0.0559. The molecule has 1 aromatic carbocycles. The molecule has 1 saturated carbocycles. The zero-order valence-electron chi connectivity index (χ0n) is 11.4. The standard InChI is InChI=1S/C14H21FN2O2/c1-17(9-14(18)5-3-4-6-14)12-8-13(19-2)10(15)7-11(12)16/h7-8,18H,3-6,9,16H2,1-2H3. The van der Waals surface area contributed by atoms with E-state index in [-0.39, 0.29) is 5.75 Å². The van der Waals surface area contributed by atoms with Crippen molar-refractivity contribution in [3.63, 3.8) is 0 Å². The van der Waals surface area contributed by atoms with Crippen LogP contribution in [0.1, 0.15) is 25.7 Å². The third kappa shape index (κ3) is 2.92. The minimum absolute atomic E-state index is 0.162. The molecule has 0 atom stereocenters. The highest BCUT2D eigenvalue weighted by molar-refractivity contribution is 5.69. The first-order valence-corrected chi connectivity index (χ1v) is 6.52. The molecule has 0 heterocycles. The number of nitrogens with zero attached hydrogens (tertiary/aromatic N) is 1. The Labute approximate surface area is 113 Å². The van der Waals surface area contributed by atoms with Gasteiger partial charge in [-0.05, 0) is 12.8 Å². The highest BCUT2D eigenvalue weighted by Gasteiger charge is 2.32. The quantitative estimate of drug-likeness (QED) is 0.822. The Morgan fingerprint density at radius 1 is 1.42 bits per heavy atom. The summed E-state index contributed by atoms with van der Waals surface area (Å²) in [6, 6.07) is 2.83. The maximum atomic E-state index is 13.5. The van der Waals surface area contributed by atoms with E-state index < -0.39 is 11.4 Å². The number of hydrogen-bond donors (Lipinski definition) is 2. The largest absolute Gasteiger partial charge is 0.494 e. The van der Waals surface area contributed by atoms with Gasteiger partial charge in [-0.3, -0.25) is 0 Å². The first-order valence-electron chi connectivity index (χ1n) is 6.52. The van der Waals surface area contributed by atoms with Crippen molar-refractivity contribution in [2.75, 3.05) is 31.3 Å². The van der Waals surface area contributed by atoms with Crippen molar-refractivity contribution in [2.45, 2.75) is 31.3 Å². The molecule has 0 bridgehead atoms. The van der Waals surface area contributed by atoms with Gasteiger partial charge in [-0.1, -0.05) is 12.8 Å². The molecule has 1 aliphatic carbocycles. The van der Waals surface area contributed by atoms with Gasteiger partial charge in [-0.25, -0.2) is 4.39 Å². The summed E-state index contributed by atoms with van der Waals surface area (Å²) in [6.45, 7) is 0.492. The van der Waals surface area contributed by atoms with Crippen LogP contribution >= 0.6 is 0 Å². The molecule has 4 nitrogen and oxygen atoms in total. The van der Waals surface area contributed by atoms with Crippen LogP contribution in [0.4, 0.5) is 15.8 Å². The van der Waals surface area contributed by atoms with E-state index in [9.17, 15) is 9.50 Å². The van der Waals surface area contributed by atoms with Crippen LogP contribution in [0.15, 0.2) is 12.1 Å². The predicted octanol–water partition coefficient (Wildman–Crippen LogP) is 2.16. The van der Waals surface area contributed by atoms with Gasteiger partial charge in [-0.2, -0.15) is 0 Å². The number of likely N-dealkylation sites (N-methyl/N-ethyl adjacent to an activating group) is 1. The van der Waals surface area contributed by atoms with Gasteiger partial charge in [-0.15, -0.1) is 0 Å². The van der Waals surface area contributed by atoms with Crippen LogP contribution < -0.4 is 15.4 Å². The van der Waals surface area contributed by atoms with E-state index >= 15 is 0 Å². The molecule has 3 N–H and O–H groups in total. The van der Waals surface area contributed by atoms with E-state index in [0.29, 0.717) is 17.9 Å². The number of hydrogen-bond acceptors (Lipinski definition) is 4. The van der Waals surface area contributed by atoms with Crippen LogP contribution in [0, 0.1) is 5.82 Å². The van der Waals surface area contributed by atoms with Crippen LogP contribution in [0.25, 0.3) is 0 Å². The number of halogens is 1. The smallest absolute Gasteiger partial charge is 0.167 e. The van der Waals surface area contributed by atoms with E-state index in [4.69, 9.17) is 10.5 Å². The third-order valence-corrected chi connectivity index (χ3v) is 3.78. The van der Waals surface area contributed by atoms with Gasteiger partial charge in [0.15, 0.2) is 11.6 Å². The second-order valence-corrected chi connectivity index (χ2v) is 5.33. The van der Waals surface area contributed by atoms with Gasteiger partial charge in [0.1, 0.15) is 0 Å². The molecule has 0 unspecified atom stereocenters. The number of nitrogen functional groups attached to an aromatic ring is 1. The van der Waals surface area contributed by atoms with Gasteiger partial charge in [0.05, 0.1) is 24.1 Å². The Morgan fingerprint density at radius 2 is 2.05 bits per heavy atom. The fourth-order valence-electron chi connectivity index (χ4n) is 2.76. The van der Waals surface area contributed by atoms with Crippen LogP contribution in [0.3, 0.4) is 0 Å². The van der Waals surface area contributed by atoms with Gasteiger partial charge in [0, 0.05) is 25.7 Å². The van der Waals surface area contributed by atoms with Crippen molar-refractivity contribution >= 4 is 11.4 Å². The monoisotopic (exact) mass is 268 g/mol. The average molecular weight is 268 g/mol. The SMILES string of the molecule is COc1cc(N(C)CC2(O)CCCC2)c(N)cc1F. The molecule has 5 heteroatoms.